The first kappa shape index (κ1) is 9.99. The summed E-state index contributed by atoms with van der Waals surface area (Å²) in [6.45, 7) is 3.21. The number of hydrogen-bond donors (Lipinski definition) is 2. The fourth-order valence-electron chi connectivity index (χ4n) is 1.18. The van der Waals surface area contributed by atoms with Crippen LogP contribution in [-0.2, 0) is 0 Å². The summed E-state index contributed by atoms with van der Waals surface area (Å²) in [4.78, 5) is 0. The molecule has 0 saturated heterocycles. The van der Waals surface area contributed by atoms with Gasteiger partial charge in [-0.2, -0.15) is 0 Å². The maximum absolute atomic E-state index is 13.2. The summed E-state index contributed by atoms with van der Waals surface area (Å²) in [5.74, 6) is -1.19. The largest absolute Gasteiger partial charge is 0.505 e. The zero-order valence-electron chi connectivity index (χ0n) is 7.71. The third-order valence-corrected chi connectivity index (χ3v) is 2.15. The molecule has 3 heteroatoms. The number of aliphatic hydroxyl groups excluding tert-OH is 1. The molecule has 13 heavy (non-hydrogen) atoms. The van der Waals surface area contributed by atoms with Crippen molar-refractivity contribution in [1.82, 2.24) is 0 Å². The Hall–Kier alpha value is -1.09. The number of halogens is 1. The first-order valence-electron chi connectivity index (χ1n) is 4.16. The minimum absolute atomic E-state index is 0.101. The van der Waals surface area contributed by atoms with Crippen LogP contribution in [-0.4, -0.2) is 16.8 Å². The molecule has 0 bridgehead atoms. The summed E-state index contributed by atoms with van der Waals surface area (Å²) in [5.41, 5.74) is 0.858. The molecule has 0 saturated carbocycles. The molecule has 2 N–H and O–H groups in total. The van der Waals surface area contributed by atoms with Crippen LogP contribution in [0.5, 0.6) is 5.75 Å². The number of phenolic OH excluding ortho intramolecular Hbond substituents is 1. The van der Waals surface area contributed by atoms with Gasteiger partial charge in [0.25, 0.3) is 0 Å². The Labute approximate surface area is 76.6 Å². The van der Waals surface area contributed by atoms with E-state index >= 15 is 0 Å². The molecule has 2 nitrogen and oxygen atoms in total. The van der Waals surface area contributed by atoms with E-state index in [2.05, 4.69) is 0 Å². The van der Waals surface area contributed by atoms with Crippen LogP contribution in [0.3, 0.4) is 0 Å². The van der Waals surface area contributed by atoms with E-state index in [0.717, 1.165) is 0 Å². The molecule has 1 aromatic carbocycles. The van der Waals surface area contributed by atoms with Gasteiger partial charge >= 0.3 is 0 Å². The highest BCUT2D eigenvalue weighted by Gasteiger charge is 2.14. The number of aliphatic hydroxyl groups is 1. The van der Waals surface area contributed by atoms with Crippen LogP contribution >= 0.6 is 0 Å². The highest BCUT2D eigenvalue weighted by Crippen LogP contribution is 2.29. The average molecular weight is 184 g/mol. The lowest BCUT2D eigenvalue weighted by molar-refractivity contribution is 0.269. The van der Waals surface area contributed by atoms with Crippen LogP contribution in [0.1, 0.15) is 24.0 Å². The average Bonchev–Trinajstić information content (AvgIpc) is 2.13. The van der Waals surface area contributed by atoms with E-state index < -0.39 is 5.82 Å². The van der Waals surface area contributed by atoms with Gasteiger partial charge in [0.05, 0.1) is 0 Å². The molecule has 1 unspecified atom stereocenters. The predicted molar refractivity (Wildman–Crippen MR) is 48.3 cm³/mol. The van der Waals surface area contributed by atoms with Crippen molar-refractivity contribution in [1.29, 1.82) is 0 Å². The zero-order chi connectivity index (χ0) is 10.0. The van der Waals surface area contributed by atoms with Gasteiger partial charge in [0.2, 0.25) is 0 Å². The summed E-state index contributed by atoms with van der Waals surface area (Å²) in [6, 6.07) is 3.23. The summed E-state index contributed by atoms with van der Waals surface area (Å²) in [5, 5.41) is 18.2. The fraction of sp³-hybridized carbons (Fsp3) is 0.400. The lowest BCUT2D eigenvalue weighted by Crippen LogP contribution is -2.00. The third-order valence-electron chi connectivity index (χ3n) is 2.15. The van der Waals surface area contributed by atoms with Gasteiger partial charge < -0.3 is 10.2 Å². The maximum atomic E-state index is 13.2. The van der Waals surface area contributed by atoms with Crippen LogP contribution in [0, 0.1) is 12.7 Å². The van der Waals surface area contributed by atoms with E-state index in [0.29, 0.717) is 11.1 Å². The van der Waals surface area contributed by atoms with Crippen molar-refractivity contribution in [2.45, 2.75) is 19.8 Å². The Morgan fingerprint density at radius 1 is 1.46 bits per heavy atom. The first-order valence-corrected chi connectivity index (χ1v) is 4.16. The molecule has 1 aromatic rings. The fourth-order valence-corrected chi connectivity index (χ4v) is 1.18. The molecule has 0 aliphatic heterocycles. The second kappa shape index (κ2) is 3.75. The topological polar surface area (TPSA) is 40.5 Å². The molecule has 0 aliphatic carbocycles. The Kier molecular flexibility index (Phi) is 2.88. The van der Waals surface area contributed by atoms with Gasteiger partial charge in [-0.05, 0) is 12.5 Å². The van der Waals surface area contributed by atoms with Crippen molar-refractivity contribution in [2.24, 2.45) is 0 Å². The number of phenols is 1. The monoisotopic (exact) mass is 184 g/mol. The second-order valence-corrected chi connectivity index (χ2v) is 3.22. The Bertz CT molecular complexity index is 310. The van der Waals surface area contributed by atoms with Crippen molar-refractivity contribution in [3.63, 3.8) is 0 Å². The molecule has 0 aliphatic rings. The van der Waals surface area contributed by atoms with Gasteiger partial charge in [0, 0.05) is 18.1 Å². The van der Waals surface area contributed by atoms with Gasteiger partial charge in [-0.25, -0.2) is 4.39 Å². The molecule has 0 aromatic heterocycles. The molecule has 1 atom stereocenters. The van der Waals surface area contributed by atoms with Crippen LogP contribution in [0.25, 0.3) is 0 Å². The van der Waals surface area contributed by atoms with Crippen molar-refractivity contribution in [3.8, 4) is 5.75 Å². The van der Waals surface area contributed by atoms with Gasteiger partial charge in [-0.3, -0.25) is 0 Å². The van der Waals surface area contributed by atoms with Gasteiger partial charge in [-0.15, -0.1) is 0 Å². The zero-order valence-corrected chi connectivity index (χ0v) is 7.71. The van der Waals surface area contributed by atoms with Crippen molar-refractivity contribution in [3.05, 3.63) is 29.1 Å². The Balaban J connectivity index is 3.18. The van der Waals surface area contributed by atoms with E-state index in [1.807, 2.05) is 0 Å². The van der Waals surface area contributed by atoms with Crippen LogP contribution in [0.15, 0.2) is 12.1 Å². The smallest absolute Gasteiger partial charge is 0.167 e. The van der Waals surface area contributed by atoms with E-state index in [4.69, 9.17) is 5.11 Å². The van der Waals surface area contributed by atoms with Gasteiger partial charge in [0.15, 0.2) is 11.6 Å². The molecule has 0 spiro atoms. The molecule has 72 valence electrons. The second-order valence-electron chi connectivity index (χ2n) is 3.22. The lowest BCUT2D eigenvalue weighted by Gasteiger charge is -2.11. The molecule has 0 amide bonds. The third kappa shape index (κ3) is 1.80. The van der Waals surface area contributed by atoms with Crippen LogP contribution < -0.4 is 0 Å². The Morgan fingerprint density at radius 2 is 2.08 bits per heavy atom. The van der Waals surface area contributed by atoms with Crippen LogP contribution in [0.2, 0.25) is 0 Å². The number of benzene rings is 1. The molecular formula is C10H13FO2. The summed E-state index contributed by atoms with van der Waals surface area (Å²) in [6.07, 6.45) is 0. The summed E-state index contributed by atoms with van der Waals surface area (Å²) in [7, 11) is 0. The van der Waals surface area contributed by atoms with Crippen molar-refractivity contribution < 1.29 is 14.6 Å². The van der Waals surface area contributed by atoms with E-state index in [-0.39, 0.29) is 18.3 Å². The SMILES string of the molecule is Cc1ccc(C(C)CO)c(O)c1F. The van der Waals surface area contributed by atoms with Crippen molar-refractivity contribution in [2.75, 3.05) is 6.61 Å². The Morgan fingerprint density at radius 3 is 2.62 bits per heavy atom. The normalized spacial score (nSPS) is 12.9. The van der Waals surface area contributed by atoms with E-state index in [1.165, 1.54) is 0 Å². The number of aromatic hydroxyl groups is 1. The minimum Gasteiger partial charge on any atom is -0.505 e. The number of hydrogen-bond acceptors (Lipinski definition) is 2. The molecular weight excluding hydrogens is 171 g/mol. The van der Waals surface area contributed by atoms with Gasteiger partial charge in [0.1, 0.15) is 0 Å². The maximum Gasteiger partial charge on any atom is 0.167 e. The van der Waals surface area contributed by atoms with Gasteiger partial charge in [-0.1, -0.05) is 19.1 Å². The summed E-state index contributed by atoms with van der Waals surface area (Å²) >= 11 is 0. The minimum atomic E-state index is -0.599. The number of aryl methyl sites for hydroxylation is 1. The first-order chi connectivity index (χ1) is 6.07. The molecule has 0 heterocycles. The quantitative estimate of drug-likeness (QED) is 0.737. The molecule has 0 radical (unpaired) electrons. The molecule has 0 fully saturated rings. The van der Waals surface area contributed by atoms with E-state index in [1.54, 1.807) is 26.0 Å². The van der Waals surface area contributed by atoms with Crippen LogP contribution in [0.4, 0.5) is 4.39 Å². The van der Waals surface area contributed by atoms with E-state index in [9.17, 15) is 9.50 Å². The lowest BCUT2D eigenvalue weighted by atomic mass is 9.99. The highest BCUT2D eigenvalue weighted by atomic mass is 19.1. The standard InChI is InChI=1S/C10H13FO2/c1-6-3-4-8(7(2)5-12)10(13)9(6)11/h3-4,7,12-13H,5H2,1-2H3. The van der Waals surface area contributed by atoms with Crippen molar-refractivity contribution >= 4 is 0 Å². The number of rotatable bonds is 2. The summed E-state index contributed by atoms with van der Waals surface area (Å²) < 4.78 is 13.2. The molecule has 1 rings (SSSR count). The predicted octanol–water partition coefficient (Wildman–Crippen LogP) is 1.94. The highest BCUT2D eigenvalue weighted by molar-refractivity contribution is 5.39.